The molecule has 1 amide bonds. The van der Waals surface area contributed by atoms with Crippen LogP contribution in [0.25, 0.3) is 5.69 Å². The van der Waals surface area contributed by atoms with E-state index in [4.69, 9.17) is 4.74 Å². The second-order valence-corrected chi connectivity index (χ2v) is 5.73. The smallest absolute Gasteiger partial charge is 0.326 e. The normalized spacial score (nSPS) is 11.8. The zero-order chi connectivity index (χ0) is 18.4. The Hall–Kier alpha value is -2.83. The molecule has 7 nitrogen and oxygen atoms in total. The third-order valence-electron chi connectivity index (χ3n) is 4.02. The number of rotatable bonds is 8. The van der Waals surface area contributed by atoms with Crippen LogP contribution in [0.4, 0.5) is 0 Å². The summed E-state index contributed by atoms with van der Waals surface area (Å²) in [6.45, 7) is 3.73. The maximum Gasteiger partial charge on any atom is 0.326 e. The Labute approximate surface area is 146 Å². The van der Waals surface area contributed by atoms with Crippen molar-refractivity contribution in [1.82, 2.24) is 15.1 Å². The van der Waals surface area contributed by atoms with Gasteiger partial charge < -0.3 is 15.2 Å². The number of hydrogen-bond acceptors (Lipinski definition) is 4. The summed E-state index contributed by atoms with van der Waals surface area (Å²) in [5.74, 6) is -0.842. The molecule has 7 heteroatoms. The minimum atomic E-state index is -1.03. The molecule has 2 N–H and O–H groups in total. The maximum atomic E-state index is 12.5. The van der Waals surface area contributed by atoms with Gasteiger partial charge in [-0.1, -0.05) is 31.9 Å². The number of aromatic nitrogens is 2. The Morgan fingerprint density at radius 3 is 2.72 bits per heavy atom. The van der Waals surface area contributed by atoms with E-state index >= 15 is 0 Å². The van der Waals surface area contributed by atoms with Crippen molar-refractivity contribution < 1.29 is 19.4 Å². The fourth-order valence-electron chi connectivity index (χ4n) is 2.58. The fourth-order valence-corrected chi connectivity index (χ4v) is 2.58. The summed E-state index contributed by atoms with van der Waals surface area (Å²) in [5.41, 5.74) is 1.66. The highest BCUT2D eigenvalue weighted by molar-refractivity contribution is 5.97. The minimum Gasteiger partial charge on any atom is -0.494 e. The molecule has 0 spiro atoms. The molecule has 0 fully saturated rings. The molecule has 0 aliphatic rings. The molecule has 1 aromatic carbocycles. The molecular formula is C18H23N3O4. The van der Waals surface area contributed by atoms with Gasteiger partial charge in [0.25, 0.3) is 5.91 Å². The van der Waals surface area contributed by atoms with Gasteiger partial charge in [0.2, 0.25) is 0 Å². The summed E-state index contributed by atoms with van der Waals surface area (Å²) >= 11 is 0. The number of unbranched alkanes of at least 4 members (excludes halogenated alkanes) is 1. The number of carbonyl (C=O) groups excluding carboxylic acids is 1. The van der Waals surface area contributed by atoms with Crippen LogP contribution < -0.4 is 10.1 Å². The van der Waals surface area contributed by atoms with Gasteiger partial charge in [-0.25, -0.2) is 9.48 Å². The molecule has 0 saturated heterocycles. The predicted octanol–water partition coefficient (Wildman–Crippen LogP) is 2.56. The number of methoxy groups -OCH3 is 1. The Morgan fingerprint density at radius 1 is 1.36 bits per heavy atom. The van der Waals surface area contributed by atoms with Gasteiger partial charge in [-0.2, -0.15) is 5.10 Å². The lowest BCUT2D eigenvalue weighted by Gasteiger charge is -2.14. The van der Waals surface area contributed by atoms with Crippen molar-refractivity contribution in [3.63, 3.8) is 0 Å². The van der Waals surface area contributed by atoms with Crippen molar-refractivity contribution in [1.29, 1.82) is 0 Å². The molecule has 25 heavy (non-hydrogen) atoms. The molecule has 2 aromatic rings. The third kappa shape index (κ3) is 4.17. The molecule has 134 valence electrons. The van der Waals surface area contributed by atoms with Crippen LogP contribution in [0.3, 0.4) is 0 Å². The number of carboxylic acid groups (broad SMARTS) is 1. The lowest BCUT2D eigenvalue weighted by atomic mass is 10.1. The lowest BCUT2D eigenvalue weighted by molar-refractivity contribution is -0.139. The number of aliphatic carboxylic acids is 1. The van der Waals surface area contributed by atoms with Gasteiger partial charge >= 0.3 is 5.97 Å². The van der Waals surface area contributed by atoms with E-state index in [1.165, 1.54) is 6.20 Å². The van der Waals surface area contributed by atoms with Crippen molar-refractivity contribution in [3.8, 4) is 11.4 Å². The minimum absolute atomic E-state index is 0.341. The second kappa shape index (κ2) is 8.32. The average molecular weight is 345 g/mol. The molecule has 0 aliphatic heterocycles. The van der Waals surface area contributed by atoms with Crippen molar-refractivity contribution >= 4 is 11.9 Å². The Morgan fingerprint density at radius 2 is 2.08 bits per heavy atom. The van der Waals surface area contributed by atoms with E-state index in [2.05, 4.69) is 10.4 Å². The first-order valence-electron chi connectivity index (χ1n) is 8.21. The monoisotopic (exact) mass is 345 g/mol. The average Bonchev–Trinajstić information content (AvgIpc) is 2.99. The molecule has 0 saturated carbocycles. The molecule has 2 rings (SSSR count). The van der Waals surface area contributed by atoms with Gasteiger partial charge in [-0.15, -0.1) is 0 Å². The van der Waals surface area contributed by atoms with Crippen LogP contribution in [0.2, 0.25) is 0 Å². The Bertz CT molecular complexity index is 755. The maximum absolute atomic E-state index is 12.5. The lowest BCUT2D eigenvalue weighted by Crippen LogP contribution is -2.40. The molecule has 0 aliphatic carbocycles. The Balaban J connectivity index is 2.25. The first-order chi connectivity index (χ1) is 12.0. The number of nitrogens with one attached hydrogen (secondary N) is 1. The van der Waals surface area contributed by atoms with Gasteiger partial charge in [0.1, 0.15) is 17.5 Å². The summed E-state index contributed by atoms with van der Waals surface area (Å²) in [7, 11) is 1.57. The highest BCUT2D eigenvalue weighted by atomic mass is 16.5. The molecule has 0 bridgehead atoms. The largest absolute Gasteiger partial charge is 0.494 e. The molecule has 0 unspecified atom stereocenters. The topological polar surface area (TPSA) is 93.5 Å². The number of carboxylic acids is 1. The second-order valence-electron chi connectivity index (χ2n) is 5.73. The molecule has 1 atom stereocenters. The predicted molar refractivity (Wildman–Crippen MR) is 93.3 cm³/mol. The SMILES string of the molecule is CCCC[C@H](NC(=O)c1cnn(-c2ccccc2OC)c1C)C(=O)O. The number of carbonyl (C=O) groups is 2. The number of ether oxygens (including phenoxy) is 1. The van der Waals surface area contributed by atoms with Gasteiger partial charge in [0, 0.05) is 0 Å². The zero-order valence-electron chi connectivity index (χ0n) is 14.7. The first-order valence-corrected chi connectivity index (χ1v) is 8.21. The number of benzene rings is 1. The fraction of sp³-hybridized carbons (Fsp3) is 0.389. The van der Waals surface area contributed by atoms with E-state index < -0.39 is 17.9 Å². The van der Waals surface area contributed by atoms with Gasteiger partial charge in [-0.05, 0) is 25.5 Å². The van der Waals surface area contributed by atoms with E-state index in [9.17, 15) is 14.7 Å². The molecule has 1 heterocycles. The van der Waals surface area contributed by atoms with Crippen LogP contribution in [-0.4, -0.2) is 39.9 Å². The zero-order valence-corrected chi connectivity index (χ0v) is 14.7. The summed E-state index contributed by atoms with van der Waals surface area (Å²) in [4.78, 5) is 23.8. The van der Waals surface area contributed by atoms with Gasteiger partial charge in [0.15, 0.2) is 0 Å². The van der Waals surface area contributed by atoms with E-state index in [0.29, 0.717) is 29.1 Å². The number of amides is 1. The number of para-hydroxylation sites is 2. The standard InChI is InChI=1S/C18H23N3O4/c1-4-5-8-14(18(23)24)20-17(22)13-11-19-21(12(13)2)15-9-6-7-10-16(15)25-3/h6-7,9-11,14H,4-5,8H2,1-3H3,(H,20,22)(H,23,24)/t14-/m0/s1. The summed E-state index contributed by atoms with van der Waals surface area (Å²) < 4.78 is 6.93. The van der Waals surface area contributed by atoms with Crippen LogP contribution in [0, 0.1) is 6.92 Å². The number of nitrogens with zero attached hydrogens (tertiary/aromatic N) is 2. The van der Waals surface area contributed by atoms with Crippen LogP contribution in [0.15, 0.2) is 30.5 Å². The van der Waals surface area contributed by atoms with E-state index in [-0.39, 0.29) is 0 Å². The van der Waals surface area contributed by atoms with E-state index in [0.717, 1.165) is 12.8 Å². The summed E-state index contributed by atoms with van der Waals surface area (Å²) in [6, 6.07) is 6.44. The molecule has 1 aromatic heterocycles. The summed E-state index contributed by atoms with van der Waals surface area (Å²) in [6.07, 6.45) is 3.44. The molecule has 0 radical (unpaired) electrons. The third-order valence-corrected chi connectivity index (χ3v) is 4.02. The van der Waals surface area contributed by atoms with E-state index in [1.807, 2.05) is 25.1 Å². The van der Waals surface area contributed by atoms with Crippen LogP contribution in [0.1, 0.15) is 42.2 Å². The molecular weight excluding hydrogens is 322 g/mol. The number of hydrogen-bond donors (Lipinski definition) is 2. The van der Waals surface area contributed by atoms with Crippen LogP contribution in [0.5, 0.6) is 5.75 Å². The highest BCUT2D eigenvalue weighted by Crippen LogP contribution is 2.24. The van der Waals surface area contributed by atoms with Crippen LogP contribution >= 0.6 is 0 Å². The van der Waals surface area contributed by atoms with Crippen LogP contribution in [-0.2, 0) is 4.79 Å². The van der Waals surface area contributed by atoms with Crippen molar-refractivity contribution in [2.24, 2.45) is 0 Å². The highest BCUT2D eigenvalue weighted by Gasteiger charge is 2.23. The van der Waals surface area contributed by atoms with Crippen molar-refractivity contribution in [3.05, 3.63) is 41.7 Å². The van der Waals surface area contributed by atoms with Gasteiger partial charge in [0.05, 0.1) is 24.6 Å². The summed E-state index contributed by atoms with van der Waals surface area (Å²) in [5, 5.41) is 16.1. The van der Waals surface area contributed by atoms with E-state index in [1.54, 1.807) is 24.8 Å². The first kappa shape index (κ1) is 18.5. The van der Waals surface area contributed by atoms with Gasteiger partial charge in [-0.3, -0.25) is 4.79 Å². The quantitative estimate of drug-likeness (QED) is 0.767. The Kier molecular flexibility index (Phi) is 6.16. The van der Waals surface area contributed by atoms with Crippen molar-refractivity contribution in [2.75, 3.05) is 7.11 Å². The van der Waals surface area contributed by atoms with Crippen molar-refractivity contribution in [2.45, 2.75) is 39.2 Å².